The molecule has 3 rings (SSSR count). The second-order valence-electron chi connectivity index (χ2n) is 7.35. The first-order valence-electron chi connectivity index (χ1n) is 8.44. The van der Waals surface area contributed by atoms with E-state index in [1.807, 2.05) is 0 Å². The summed E-state index contributed by atoms with van der Waals surface area (Å²) in [7, 11) is -2.90. The molecule has 0 aliphatic heterocycles. The van der Waals surface area contributed by atoms with E-state index in [-0.39, 0.29) is 17.1 Å². The smallest absolute Gasteiger partial charge is 0.273 e. The van der Waals surface area contributed by atoms with E-state index in [0.29, 0.717) is 0 Å². The summed E-state index contributed by atoms with van der Waals surface area (Å²) >= 11 is 6.14. The van der Waals surface area contributed by atoms with Crippen LogP contribution in [0.3, 0.4) is 0 Å². The van der Waals surface area contributed by atoms with E-state index in [4.69, 9.17) is 11.6 Å². The van der Waals surface area contributed by atoms with Crippen molar-refractivity contribution in [1.82, 2.24) is 14.3 Å². The van der Waals surface area contributed by atoms with Gasteiger partial charge in [0.15, 0.2) is 5.82 Å². The molecule has 2 N–H and O–H groups in total. The Labute approximate surface area is 170 Å². The highest BCUT2D eigenvalue weighted by Crippen LogP contribution is 2.46. The van der Waals surface area contributed by atoms with Crippen molar-refractivity contribution in [3.63, 3.8) is 0 Å². The predicted octanol–water partition coefficient (Wildman–Crippen LogP) is 3.24. The Morgan fingerprint density at radius 2 is 1.97 bits per heavy atom. The molecule has 29 heavy (non-hydrogen) atoms. The molecule has 0 saturated heterocycles. The SMILES string of the molecule is Cc1nccc(NC(=O)c2c(Cl)c(S(=O)(=O)NC3(C)CC(F)(F)C3)cn2C)c1F. The van der Waals surface area contributed by atoms with E-state index >= 15 is 0 Å². The van der Waals surface area contributed by atoms with E-state index in [1.165, 1.54) is 33.2 Å². The monoisotopic (exact) mass is 450 g/mol. The quantitative estimate of drug-likeness (QED) is 0.731. The summed E-state index contributed by atoms with van der Waals surface area (Å²) in [6.45, 7) is 2.78. The van der Waals surface area contributed by atoms with Crippen LogP contribution in [0.2, 0.25) is 5.02 Å². The Morgan fingerprint density at radius 1 is 1.34 bits per heavy atom. The number of aryl methyl sites for hydroxylation is 2. The van der Waals surface area contributed by atoms with Crippen molar-refractivity contribution in [3.8, 4) is 0 Å². The second kappa shape index (κ2) is 6.99. The van der Waals surface area contributed by atoms with Crippen LogP contribution < -0.4 is 10.0 Å². The molecule has 2 heterocycles. The van der Waals surface area contributed by atoms with Crippen molar-refractivity contribution >= 4 is 33.2 Å². The molecular formula is C17H18ClF3N4O3S. The van der Waals surface area contributed by atoms with E-state index in [1.54, 1.807) is 0 Å². The molecule has 12 heteroatoms. The van der Waals surface area contributed by atoms with Gasteiger partial charge in [-0.25, -0.2) is 26.3 Å². The number of carbonyl (C=O) groups excluding carboxylic acids is 1. The number of halogens is 4. The fourth-order valence-electron chi connectivity index (χ4n) is 3.38. The molecule has 0 radical (unpaired) electrons. The Balaban J connectivity index is 1.88. The van der Waals surface area contributed by atoms with Crippen LogP contribution in [0, 0.1) is 12.7 Å². The van der Waals surface area contributed by atoms with E-state index in [2.05, 4.69) is 15.0 Å². The first kappa shape index (κ1) is 21.6. The lowest BCUT2D eigenvalue weighted by atomic mass is 9.76. The summed E-state index contributed by atoms with van der Waals surface area (Å²) in [6, 6.07) is 1.24. The summed E-state index contributed by atoms with van der Waals surface area (Å²) in [4.78, 5) is 15.9. The third-order valence-corrected chi connectivity index (χ3v) is 6.73. The maximum atomic E-state index is 14.1. The molecule has 0 spiro atoms. The van der Waals surface area contributed by atoms with Gasteiger partial charge in [-0.05, 0) is 19.9 Å². The molecule has 0 bridgehead atoms. The fraction of sp³-hybridized carbons (Fsp3) is 0.412. The Morgan fingerprint density at radius 3 is 2.55 bits per heavy atom. The van der Waals surface area contributed by atoms with Crippen molar-refractivity contribution in [3.05, 3.63) is 40.7 Å². The predicted molar refractivity (Wildman–Crippen MR) is 100 cm³/mol. The Hall–Kier alpha value is -2.11. The standard InChI is InChI=1S/C17H18ClF3N4O3S/c1-9-13(19)10(4-5-22-9)23-15(26)14-12(18)11(6-25(14)3)29(27,28)24-16(2)7-17(20,21)8-16/h4-6,24H,7-8H2,1-3H3,(H,22,23,26). The number of hydrogen-bond donors (Lipinski definition) is 2. The van der Waals surface area contributed by atoms with Crippen LogP contribution in [-0.4, -0.2) is 35.3 Å². The summed E-state index contributed by atoms with van der Waals surface area (Å²) in [5.41, 5.74) is -1.63. The largest absolute Gasteiger partial charge is 0.344 e. The number of sulfonamides is 1. The van der Waals surface area contributed by atoms with Gasteiger partial charge in [-0.15, -0.1) is 0 Å². The van der Waals surface area contributed by atoms with Gasteiger partial charge in [0, 0.05) is 37.8 Å². The second-order valence-corrected chi connectivity index (χ2v) is 9.38. The average Bonchev–Trinajstić information content (AvgIpc) is 2.84. The number of aromatic nitrogens is 2. The third kappa shape index (κ3) is 4.12. The lowest BCUT2D eigenvalue weighted by molar-refractivity contribution is -0.121. The van der Waals surface area contributed by atoms with E-state index < -0.39 is 56.0 Å². The van der Waals surface area contributed by atoms with Gasteiger partial charge in [0.1, 0.15) is 10.6 Å². The molecule has 1 fully saturated rings. The van der Waals surface area contributed by atoms with Crippen molar-refractivity contribution in [2.24, 2.45) is 7.05 Å². The van der Waals surface area contributed by atoms with Crippen molar-refractivity contribution < 1.29 is 26.4 Å². The number of anilines is 1. The minimum atomic E-state index is -4.28. The molecule has 1 aliphatic carbocycles. The highest BCUT2D eigenvalue weighted by Gasteiger charge is 2.55. The maximum absolute atomic E-state index is 14.1. The van der Waals surface area contributed by atoms with Gasteiger partial charge >= 0.3 is 0 Å². The summed E-state index contributed by atoms with van der Waals surface area (Å²) in [5.74, 6) is -4.51. The highest BCUT2D eigenvalue weighted by atomic mass is 35.5. The van der Waals surface area contributed by atoms with Crippen molar-refractivity contribution in [2.45, 2.75) is 43.0 Å². The Bertz CT molecular complexity index is 1090. The fourth-order valence-corrected chi connectivity index (χ4v) is 5.49. The molecule has 0 unspecified atom stereocenters. The maximum Gasteiger partial charge on any atom is 0.273 e. The van der Waals surface area contributed by atoms with Crippen molar-refractivity contribution in [1.29, 1.82) is 0 Å². The normalized spacial score (nSPS) is 17.6. The van der Waals surface area contributed by atoms with E-state index in [9.17, 15) is 26.4 Å². The molecule has 1 amide bonds. The van der Waals surface area contributed by atoms with Crippen LogP contribution in [0.5, 0.6) is 0 Å². The van der Waals surface area contributed by atoms with Gasteiger partial charge in [-0.1, -0.05) is 11.6 Å². The topological polar surface area (TPSA) is 93.1 Å². The molecule has 0 atom stereocenters. The van der Waals surface area contributed by atoms with Gasteiger partial charge in [0.25, 0.3) is 11.8 Å². The summed E-state index contributed by atoms with van der Waals surface area (Å²) < 4.78 is 69.2. The number of rotatable bonds is 5. The van der Waals surface area contributed by atoms with Crippen LogP contribution in [0.15, 0.2) is 23.4 Å². The Kier molecular flexibility index (Phi) is 5.21. The zero-order chi connectivity index (χ0) is 21.8. The number of nitrogens with one attached hydrogen (secondary N) is 2. The zero-order valence-corrected chi connectivity index (χ0v) is 17.3. The number of alkyl halides is 2. The third-order valence-electron chi connectivity index (χ3n) is 4.58. The van der Waals surface area contributed by atoms with Gasteiger partial charge < -0.3 is 9.88 Å². The molecule has 158 valence electrons. The van der Waals surface area contributed by atoms with Crippen LogP contribution in [-0.2, 0) is 17.1 Å². The molecule has 2 aromatic heterocycles. The first-order chi connectivity index (χ1) is 13.2. The van der Waals surface area contributed by atoms with Crippen LogP contribution >= 0.6 is 11.6 Å². The number of nitrogens with zero attached hydrogens (tertiary/aromatic N) is 2. The number of hydrogen-bond acceptors (Lipinski definition) is 4. The van der Waals surface area contributed by atoms with E-state index in [0.717, 1.165) is 10.8 Å². The summed E-state index contributed by atoms with van der Waals surface area (Å²) in [5, 5.41) is 1.92. The van der Waals surface area contributed by atoms with Gasteiger partial charge in [0.2, 0.25) is 10.0 Å². The van der Waals surface area contributed by atoms with Gasteiger partial charge in [-0.2, -0.15) is 0 Å². The van der Waals surface area contributed by atoms with Crippen LogP contribution in [0.1, 0.15) is 35.9 Å². The lowest BCUT2D eigenvalue weighted by Gasteiger charge is -2.44. The molecule has 1 aliphatic rings. The zero-order valence-electron chi connectivity index (χ0n) is 15.7. The minimum absolute atomic E-state index is 0.0683. The number of pyridine rings is 1. The lowest BCUT2D eigenvalue weighted by Crippen LogP contribution is -2.60. The molecule has 2 aromatic rings. The van der Waals surface area contributed by atoms with Gasteiger partial charge in [0.05, 0.1) is 16.4 Å². The molecule has 0 aromatic carbocycles. The first-order valence-corrected chi connectivity index (χ1v) is 10.3. The van der Waals surface area contributed by atoms with Crippen molar-refractivity contribution in [2.75, 3.05) is 5.32 Å². The van der Waals surface area contributed by atoms with Gasteiger partial charge in [-0.3, -0.25) is 9.78 Å². The highest BCUT2D eigenvalue weighted by molar-refractivity contribution is 7.89. The summed E-state index contributed by atoms with van der Waals surface area (Å²) in [6.07, 6.45) is 1.11. The number of carbonyl (C=O) groups is 1. The van der Waals surface area contributed by atoms with Crippen LogP contribution in [0.4, 0.5) is 18.9 Å². The average molecular weight is 451 g/mol. The molecular weight excluding hydrogens is 433 g/mol. The molecule has 1 saturated carbocycles. The minimum Gasteiger partial charge on any atom is -0.344 e. The molecule has 7 nitrogen and oxygen atoms in total. The number of amides is 1. The van der Waals surface area contributed by atoms with Crippen LogP contribution in [0.25, 0.3) is 0 Å².